The first kappa shape index (κ1) is 59.5. The zero-order valence-corrected chi connectivity index (χ0v) is 44.0. The van der Waals surface area contributed by atoms with Gasteiger partial charge >= 0.3 is 5.97 Å². The number of likely N-dealkylation sites (N-methyl/N-ethyl adjacent to an activating group) is 1. The number of aliphatic carboxylic acids is 1. The van der Waals surface area contributed by atoms with Crippen LogP contribution < -0.4 is 48.7 Å². The molecule has 77 heavy (non-hydrogen) atoms. The van der Waals surface area contributed by atoms with Crippen LogP contribution in [0.15, 0.2) is 102 Å². The number of rotatable bonds is 28. The van der Waals surface area contributed by atoms with Crippen molar-refractivity contribution in [1.29, 1.82) is 0 Å². The van der Waals surface area contributed by atoms with E-state index in [-0.39, 0.29) is 57.0 Å². The quantitative estimate of drug-likeness (QED) is 0.0207. The zero-order valence-electron chi connectivity index (χ0n) is 44.0. The molecule has 0 aliphatic carbocycles. The number of hydrogen-bond acceptors (Lipinski definition) is 12. The van der Waals surface area contributed by atoms with E-state index >= 15 is 0 Å². The number of aliphatic imine (C=N–C) groups is 1. The lowest BCUT2D eigenvalue weighted by atomic mass is 9.84. The Morgan fingerprint density at radius 3 is 1.81 bits per heavy atom. The number of imidazole rings is 1. The van der Waals surface area contributed by atoms with Crippen LogP contribution in [0, 0.1) is 11.8 Å². The van der Waals surface area contributed by atoms with Crippen LogP contribution in [0.1, 0.15) is 81.7 Å². The van der Waals surface area contributed by atoms with Gasteiger partial charge in [0.25, 0.3) is 0 Å². The number of carboxylic acid groups (broad SMARTS) is 1. The number of nitrogens with two attached hydrogens (primary N) is 2. The summed E-state index contributed by atoms with van der Waals surface area (Å²) < 4.78 is 0. The molecule has 1 aromatic heterocycles. The summed E-state index contributed by atoms with van der Waals surface area (Å²) in [6, 6.07) is 15.0. The predicted octanol–water partition coefficient (Wildman–Crippen LogP) is 0.302. The lowest BCUT2D eigenvalue weighted by Gasteiger charge is -2.32. The van der Waals surface area contributed by atoms with E-state index < -0.39 is 107 Å². The molecule has 0 spiro atoms. The number of H-pyrrole nitrogens is 1. The summed E-state index contributed by atoms with van der Waals surface area (Å²) in [7, 11) is 1.57. The minimum absolute atomic E-state index is 0.0445. The van der Waals surface area contributed by atoms with Crippen LogP contribution in [0.3, 0.4) is 0 Å². The molecule has 23 nitrogen and oxygen atoms in total. The van der Waals surface area contributed by atoms with Crippen LogP contribution in [-0.4, -0.2) is 147 Å². The number of phenolic OH excluding ortho intramolecular Hbond substituents is 1. The van der Waals surface area contributed by atoms with Gasteiger partial charge in [0, 0.05) is 43.7 Å². The van der Waals surface area contributed by atoms with Crippen LogP contribution in [0.5, 0.6) is 5.75 Å². The molecule has 7 atom stereocenters. The summed E-state index contributed by atoms with van der Waals surface area (Å²) >= 11 is 0. The van der Waals surface area contributed by atoms with Crippen LogP contribution in [0.2, 0.25) is 0 Å². The molecule has 2 heterocycles. The number of carbonyl (C=O) groups excluding carboxylic acids is 7. The van der Waals surface area contributed by atoms with Gasteiger partial charge in [-0.1, -0.05) is 100 Å². The number of hydrogen-bond donors (Lipinski definition) is 12. The number of amides is 7. The number of likely N-dealkylation sites (tertiary alicyclic amines) is 1. The number of nitrogens with one attached hydrogen (secondary N) is 8. The third-order valence-corrected chi connectivity index (χ3v) is 13.1. The van der Waals surface area contributed by atoms with Gasteiger partial charge in [-0.25, -0.2) is 9.78 Å². The Kier molecular flexibility index (Phi) is 22.5. The number of aromatic hydroxyl groups is 1. The zero-order chi connectivity index (χ0) is 56.2. The number of aromatic nitrogens is 2. The van der Waals surface area contributed by atoms with Gasteiger partial charge in [-0.05, 0) is 73.4 Å². The summed E-state index contributed by atoms with van der Waals surface area (Å²) in [6.45, 7) is 6.93. The number of carbonyl (C=O) groups is 8. The largest absolute Gasteiger partial charge is 0.508 e. The van der Waals surface area contributed by atoms with Crippen molar-refractivity contribution in [3.8, 4) is 5.75 Å². The topological polar surface area (TPSA) is 358 Å². The normalized spacial score (nSPS) is 15.5. The molecule has 1 saturated heterocycles. The second kappa shape index (κ2) is 29.1. The Morgan fingerprint density at radius 1 is 0.714 bits per heavy atom. The average molecular weight is 1060 g/mol. The number of benzene rings is 3. The fourth-order valence-corrected chi connectivity index (χ4v) is 9.11. The molecule has 7 amide bonds. The number of guanidine groups is 1. The first-order valence-electron chi connectivity index (χ1n) is 25.7. The van der Waals surface area contributed by atoms with Gasteiger partial charge in [0.05, 0.1) is 12.9 Å². The van der Waals surface area contributed by atoms with Crippen molar-refractivity contribution in [2.75, 3.05) is 26.7 Å². The molecule has 3 aromatic carbocycles. The Balaban J connectivity index is 1.37. The van der Waals surface area contributed by atoms with Crippen LogP contribution in [0.4, 0.5) is 0 Å². The third-order valence-electron chi connectivity index (χ3n) is 13.1. The van der Waals surface area contributed by atoms with E-state index in [0.717, 1.165) is 0 Å². The van der Waals surface area contributed by atoms with E-state index in [4.69, 9.17) is 11.5 Å². The lowest BCUT2D eigenvalue weighted by molar-refractivity contribution is -0.145. The summed E-state index contributed by atoms with van der Waals surface area (Å²) in [5.74, 6) is -8.16. The van der Waals surface area contributed by atoms with Gasteiger partial charge in [0.15, 0.2) is 5.96 Å². The minimum Gasteiger partial charge on any atom is -0.508 e. The average Bonchev–Trinajstić information content (AvgIpc) is 4.12. The van der Waals surface area contributed by atoms with Gasteiger partial charge in [0.2, 0.25) is 41.4 Å². The molecule has 1 fully saturated rings. The monoisotopic (exact) mass is 1060 g/mol. The van der Waals surface area contributed by atoms with Crippen molar-refractivity contribution < 1.29 is 48.6 Å². The summed E-state index contributed by atoms with van der Waals surface area (Å²) in [5, 5.41) is 39.8. The summed E-state index contributed by atoms with van der Waals surface area (Å²) in [6.07, 6.45) is 3.69. The van der Waals surface area contributed by atoms with Crippen LogP contribution in [0.25, 0.3) is 0 Å². The smallest absolute Gasteiger partial charge is 0.327 e. The van der Waals surface area contributed by atoms with E-state index in [0.29, 0.717) is 35.2 Å². The van der Waals surface area contributed by atoms with E-state index in [1.807, 2.05) is 0 Å². The first-order chi connectivity index (χ1) is 36.8. The van der Waals surface area contributed by atoms with E-state index in [1.54, 1.807) is 108 Å². The number of carboxylic acids is 1. The van der Waals surface area contributed by atoms with Gasteiger partial charge < -0.3 is 68.8 Å². The molecule has 0 saturated carbocycles. The Labute approximate surface area is 447 Å². The maximum atomic E-state index is 14.8. The molecular weight excluding hydrogens is 991 g/mol. The molecule has 1 aliphatic heterocycles. The molecule has 414 valence electrons. The molecule has 0 bridgehead atoms. The highest BCUT2D eigenvalue weighted by Crippen LogP contribution is 2.29. The Hall–Kier alpha value is -8.34. The van der Waals surface area contributed by atoms with Crippen molar-refractivity contribution in [3.05, 3.63) is 120 Å². The summed E-state index contributed by atoms with van der Waals surface area (Å²) in [4.78, 5) is 124. The van der Waals surface area contributed by atoms with Crippen molar-refractivity contribution in [2.24, 2.45) is 28.3 Å². The second-order valence-electron chi connectivity index (χ2n) is 19.6. The molecule has 14 N–H and O–H groups in total. The molecular formula is C54H73N13O10. The van der Waals surface area contributed by atoms with E-state index in [9.17, 15) is 48.6 Å². The molecule has 0 radical (unpaired) electrons. The van der Waals surface area contributed by atoms with E-state index in [2.05, 4.69) is 52.2 Å². The third kappa shape index (κ3) is 17.6. The molecule has 1 aliphatic rings. The Bertz CT molecular complexity index is 2590. The van der Waals surface area contributed by atoms with Crippen molar-refractivity contribution in [3.63, 3.8) is 0 Å². The number of phenols is 1. The minimum atomic E-state index is -1.42. The molecule has 0 unspecified atom stereocenters. The molecule has 23 heteroatoms. The molecule has 4 aromatic rings. The Morgan fingerprint density at radius 2 is 1.29 bits per heavy atom. The van der Waals surface area contributed by atoms with Gasteiger partial charge in [-0.3, -0.25) is 38.6 Å². The number of nitrogens with zero attached hydrogens (tertiary/aromatic N) is 3. The van der Waals surface area contributed by atoms with Crippen molar-refractivity contribution in [1.82, 2.24) is 52.1 Å². The highest BCUT2D eigenvalue weighted by molar-refractivity contribution is 5.98. The van der Waals surface area contributed by atoms with Crippen molar-refractivity contribution in [2.45, 2.75) is 114 Å². The van der Waals surface area contributed by atoms with E-state index in [1.165, 1.54) is 29.6 Å². The van der Waals surface area contributed by atoms with Crippen molar-refractivity contribution >= 4 is 53.3 Å². The number of aromatic amines is 1. The predicted molar refractivity (Wildman–Crippen MR) is 286 cm³/mol. The standard InChI is InChI=1S/C54H73N13O10/c1-31(2)44(64-47(70)38(61-42(69)29-57-5)18-12-24-59-54(55)56)50(73)62-39(26-33-20-22-37(68)23-21-33)48(71)65-45(32(3)4)51(74)63-40(27-36-28-58-30-60-36)52(75)67-25-13-19-41(67)49(72)66-46(53(76)77)43(34-14-8-6-9-15-34)35-16-10-7-11-17-35/h6-11,14-17,20-23,28,30-32,38-41,43-46,57,68H,12-13,18-19,24-27,29H2,1-5H3,(H,58,60)(H,61,69)(H,62,73)(H,63,74)(H,64,70)(H,65,71)(H,66,72)(H,76,77)(H4,55,56,59)/t38-,39-,40-,41+,44-,45-,46+/m0/s1. The van der Waals surface area contributed by atoms with Gasteiger partial charge in [-0.2, -0.15) is 0 Å². The molecule has 5 rings (SSSR count). The van der Waals surface area contributed by atoms with Gasteiger partial charge in [-0.15, -0.1) is 0 Å². The van der Waals surface area contributed by atoms with Crippen LogP contribution in [-0.2, 0) is 51.2 Å². The maximum absolute atomic E-state index is 14.8. The SMILES string of the molecule is CNCC(=O)N[C@@H](CCCN=C(N)N)C(=O)N[C@H](C(=O)N[C@@H](Cc1ccc(O)cc1)C(=O)N[C@H](C(=O)N[C@@H](Cc1cnc[nH]1)C(=O)N1CCC[C@@H]1C(=O)N[C@@H](C(=O)O)C(c1ccccc1)c1ccccc1)C(C)C)C(C)C. The summed E-state index contributed by atoms with van der Waals surface area (Å²) in [5.41, 5.74) is 13.2. The first-order valence-corrected chi connectivity index (χ1v) is 25.7. The maximum Gasteiger partial charge on any atom is 0.327 e. The second-order valence-corrected chi connectivity index (χ2v) is 19.6. The lowest BCUT2D eigenvalue weighted by Crippen LogP contribution is -2.62. The highest BCUT2D eigenvalue weighted by atomic mass is 16.4. The fourth-order valence-electron chi connectivity index (χ4n) is 9.11. The highest BCUT2D eigenvalue weighted by Gasteiger charge is 2.42. The van der Waals surface area contributed by atoms with Gasteiger partial charge in [0.1, 0.15) is 48.0 Å². The van der Waals surface area contributed by atoms with Crippen LogP contribution >= 0.6 is 0 Å². The fraction of sp³-hybridized carbons (Fsp3) is 0.444.